The summed E-state index contributed by atoms with van der Waals surface area (Å²) in [6.07, 6.45) is 2.48. The first-order chi connectivity index (χ1) is 8.86. The monoisotopic (exact) mass is 268 g/mol. The summed E-state index contributed by atoms with van der Waals surface area (Å²) in [5, 5.41) is 3.31. The van der Waals surface area contributed by atoms with Crippen LogP contribution in [0.2, 0.25) is 0 Å². The van der Waals surface area contributed by atoms with Crippen molar-refractivity contribution in [2.45, 2.75) is 40.5 Å². The number of nitrogens with zero attached hydrogens (tertiary/aromatic N) is 2. The number of hydrogen-bond acceptors (Lipinski definition) is 2. The lowest BCUT2D eigenvalue weighted by molar-refractivity contribution is -0.125. The topological polar surface area (TPSA) is 70.7 Å². The maximum Gasteiger partial charge on any atom is 0.224 e. The summed E-state index contributed by atoms with van der Waals surface area (Å²) in [4.78, 5) is 18.2. The van der Waals surface area contributed by atoms with Crippen molar-refractivity contribution in [3.05, 3.63) is 0 Å². The van der Waals surface area contributed by atoms with E-state index in [4.69, 9.17) is 5.73 Å². The second-order valence-electron chi connectivity index (χ2n) is 6.11. The summed E-state index contributed by atoms with van der Waals surface area (Å²) >= 11 is 0. The minimum atomic E-state index is -0.595. The Kier molecular flexibility index (Phi) is 5.63. The second-order valence-corrected chi connectivity index (χ2v) is 6.11. The highest BCUT2D eigenvalue weighted by atomic mass is 16.1. The van der Waals surface area contributed by atoms with E-state index < -0.39 is 5.41 Å². The Hall–Kier alpha value is -1.26. The van der Waals surface area contributed by atoms with Gasteiger partial charge in [0.25, 0.3) is 0 Å². The predicted molar refractivity (Wildman–Crippen MR) is 78.9 cm³/mol. The van der Waals surface area contributed by atoms with Crippen molar-refractivity contribution in [3.8, 4) is 0 Å². The van der Waals surface area contributed by atoms with E-state index in [9.17, 15) is 4.79 Å². The van der Waals surface area contributed by atoms with Crippen LogP contribution in [0.3, 0.4) is 0 Å². The molecule has 5 heteroatoms. The van der Waals surface area contributed by atoms with Crippen LogP contribution in [0.1, 0.15) is 40.5 Å². The van der Waals surface area contributed by atoms with Crippen LogP contribution >= 0.6 is 0 Å². The number of carbonyl (C=O) groups excluding carboxylic acids is 1. The maximum atomic E-state index is 11.3. The van der Waals surface area contributed by atoms with Gasteiger partial charge in [-0.15, -0.1) is 0 Å². The van der Waals surface area contributed by atoms with Crippen molar-refractivity contribution in [3.63, 3.8) is 0 Å². The average Bonchev–Trinajstić information content (AvgIpc) is 2.34. The molecule has 1 unspecified atom stereocenters. The molecule has 1 fully saturated rings. The van der Waals surface area contributed by atoms with Crippen molar-refractivity contribution < 1.29 is 4.79 Å². The Balaban J connectivity index is 2.73. The zero-order valence-corrected chi connectivity index (χ0v) is 12.7. The molecule has 110 valence electrons. The molecule has 1 aliphatic heterocycles. The number of nitrogens with one attached hydrogen (secondary N) is 1. The Morgan fingerprint density at radius 1 is 1.53 bits per heavy atom. The van der Waals surface area contributed by atoms with Crippen LogP contribution in [0.25, 0.3) is 0 Å². The van der Waals surface area contributed by atoms with Crippen LogP contribution in [0, 0.1) is 11.3 Å². The minimum absolute atomic E-state index is 0.306. The molecule has 1 rings (SSSR count). The van der Waals surface area contributed by atoms with Gasteiger partial charge in [0.2, 0.25) is 5.91 Å². The molecule has 0 aliphatic carbocycles. The van der Waals surface area contributed by atoms with Gasteiger partial charge in [-0.1, -0.05) is 6.92 Å². The number of aliphatic imine (C=N–C) groups is 1. The molecule has 1 saturated heterocycles. The Bertz CT molecular complexity index is 338. The molecule has 3 N–H and O–H groups in total. The van der Waals surface area contributed by atoms with E-state index in [0.717, 1.165) is 25.6 Å². The predicted octanol–water partition coefficient (Wildman–Crippen LogP) is 1.20. The van der Waals surface area contributed by atoms with Crippen molar-refractivity contribution in [2.24, 2.45) is 22.1 Å². The van der Waals surface area contributed by atoms with Crippen LogP contribution in [-0.4, -0.2) is 42.9 Å². The van der Waals surface area contributed by atoms with Crippen molar-refractivity contribution in [1.29, 1.82) is 0 Å². The fraction of sp³-hybridized carbons (Fsp3) is 0.857. The van der Waals surface area contributed by atoms with Crippen LogP contribution < -0.4 is 11.1 Å². The number of nitrogens with two attached hydrogens (primary N) is 1. The molecule has 0 saturated carbocycles. The number of hydrogen-bond donors (Lipinski definition) is 2. The molecule has 0 aromatic heterocycles. The zero-order chi connectivity index (χ0) is 14.5. The van der Waals surface area contributed by atoms with Gasteiger partial charge in [-0.3, -0.25) is 9.79 Å². The molecule has 0 spiro atoms. The quantitative estimate of drug-likeness (QED) is 0.594. The molecule has 1 amide bonds. The van der Waals surface area contributed by atoms with E-state index >= 15 is 0 Å². The fourth-order valence-electron chi connectivity index (χ4n) is 2.16. The highest BCUT2D eigenvalue weighted by molar-refractivity contribution is 5.82. The Labute approximate surface area is 116 Å². The number of primary amides is 1. The molecule has 19 heavy (non-hydrogen) atoms. The van der Waals surface area contributed by atoms with Gasteiger partial charge in [0, 0.05) is 19.6 Å². The van der Waals surface area contributed by atoms with Gasteiger partial charge in [0.15, 0.2) is 5.96 Å². The van der Waals surface area contributed by atoms with Gasteiger partial charge in [0.1, 0.15) is 0 Å². The molecule has 5 nitrogen and oxygen atoms in total. The molecule has 0 bridgehead atoms. The summed E-state index contributed by atoms with van der Waals surface area (Å²) in [6.45, 7) is 11.3. The highest BCUT2D eigenvalue weighted by Crippen LogP contribution is 2.17. The lowest BCUT2D eigenvalue weighted by Crippen LogP contribution is -2.47. The van der Waals surface area contributed by atoms with Gasteiger partial charge < -0.3 is 16.0 Å². The van der Waals surface area contributed by atoms with Crippen molar-refractivity contribution in [2.75, 3.05) is 26.2 Å². The molecule has 0 aromatic rings. The first kappa shape index (κ1) is 15.8. The van der Waals surface area contributed by atoms with Crippen molar-refractivity contribution >= 4 is 11.9 Å². The van der Waals surface area contributed by atoms with E-state index in [1.165, 1.54) is 12.8 Å². The third-order valence-electron chi connectivity index (χ3n) is 3.58. The molecular weight excluding hydrogens is 240 g/mol. The first-order valence-electron chi connectivity index (χ1n) is 7.20. The molecule has 1 aliphatic rings. The minimum Gasteiger partial charge on any atom is -0.369 e. The summed E-state index contributed by atoms with van der Waals surface area (Å²) < 4.78 is 0. The van der Waals surface area contributed by atoms with Crippen molar-refractivity contribution in [1.82, 2.24) is 10.2 Å². The summed E-state index contributed by atoms with van der Waals surface area (Å²) in [5.41, 5.74) is 4.79. The number of piperidine rings is 1. The van der Waals surface area contributed by atoms with Crippen LogP contribution in [0.15, 0.2) is 4.99 Å². The van der Waals surface area contributed by atoms with Gasteiger partial charge in [-0.2, -0.15) is 0 Å². The standard InChI is InChI=1S/C14H28N4O/c1-5-16-13(17-10-14(3,4)12(15)19)18-8-6-7-11(2)9-18/h11H,5-10H2,1-4H3,(H2,15,19)(H,16,17). The number of amides is 1. The zero-order valence-electron chi connectivity index (χ0n) is 12.7. The van der Waals surface area contributed by atoms with Gasteiger partial charge >= 0.3 is 0 Å². The lowest BCUT2D eigenvalue weighted by atomic mass is 9.93. The van der Waals surface area contributed by atoms with E-state index in [0.29, 0.717) is 12.5 Å². The van der Waals surface area contributed by atoms with Crippen LogP contribution in [-0.2, 0) is 4.79 Å². The van der Waals surface area contributed by atoms with E-state index in [1.807, 2.05) is 13.8 Å². The lowest BCUT2D eigenvalue weighted by Gasteiger charge is -2.34. The van der Waals surface area contributed by atoms with Crippen LogP contribution in [0.5, 0.6) is 0 Å². The molecule has 1 atom stereocenters. The molecular formula is C14H28N4O. The van der Waals surface area contributed by atoms with Gasteiger partial charge in [0.05, 0.1) is 12.0 Å². The van der Waals surface area contributed by atoms with Crippen LogP contribution in [0.4, 0.5) is 0 Å². The third kappa shape index (κ3) is 4.73. The molecule has 0 radical (unpaired) electrons. The number of carbonyl (C=O) groups is 1. The average molecular weight is 268 g/mol. The largest absolute Gasteiger partial charge is 0.369 e. The first-order valence-corrected chi connectivity index (χ1v) is 7.20. The molecule has 0 aromatic carbocycles. The summed E-state index contributed by atoms with van der Waals surface area (Å²) in [6, 6.07) is 0. The van der Waals surface area contributed by atoms with Gasteiger partial charge in [-0.05, 0) is 39.5 Å². The summed E-state index contributed by atoms with van der Waals surface area (Å²) in [5.74, 6) is 1.30. The smallest absolute Gasteiger partial charge is 0.224 e. The third-order valence-corrected chi connectivity index (χ3v) is 3.58. The number of guanidine groups is 1. The Morgan fingerprint density at radius 2 is 2.21 bits per heavy atom. The summed E-state index contributed by atoms with van der Waals surface area (Å²) in [7, 11) is 0. The Morgan fingerprint density at radius 3 is 2.74 bits per heavy atom. The number of rotatable bonds is 4. The van der Waals surface area contributed by atoms with E-state index in [1.54, 1.807) is 0 Å². The maximum absolute atomic E-state index is 11.3. The van der Waals surface area contributed by atoms with Gasteiger partial charge in [-0.25, -0.2) is 0 Å². The normalized spacial score (nSPS) is 21.4. The fourth-order valence-corrected chi connectivity index (χ4v) is 2.16. The molecule has 1 heterocycles. The van der Waals surface area contributed by atoms with E-state index in [-0.39, 0.29) is 5.91 Å². The SMILES string of the molecule is CCNC(=NCC(C)(C)C(N)=O)N1CCCC(C)C1. The second kappa shape index (κ2) is 6.78. The number of likely N-dealkylation sites (tertiary alicyclic amines) is 1. The highest BCUT2D eigenvalue weighted by Gasteiger charge is 2.26. The van der Waals surface area contributed by atoms with E-state index in [2.05, 4.69) is 29.1 Å².